The molecule has 3 aliphatic heterocycles. The highest BCUT2D eigenvalue weighted by Crippen LogP contribution is 2.61. The van der Waals surface area contributed by atoms with Crippen molar-refractivity contribution in [2.45, 2.75) is 44.1 Å². The zero-order valence-electron chi connectivity index (χ0n) is 19.8. The molecule has 2 aromatic carbocycles. The van der Waals surface area contributed by atoms with Crippen molar-refractivity contribution in [3.8, 4) is 17.6 Å². The van der Waals surface area contributed by atoms with E-state index in [-0.39, 0.29) is 28.7 Å². The number of anilines is 1. The van der Waals surface area contributed by atoms with Gasteiger partial charge < -0.3 is 24.5 Å². The molecule has 0 radical (unpaired) electrons. The van der Waals surface area contributed by atoms with Crippen molar-refractivity contribution in [3.05, 3.63) is 75.0 Å². The Morgan fingerprint density at radius 1 is 1.23 bits per heavy atom. The molecule has 4 heterocycles. The van der Waals surface area contributed by atoms with Crippen molar-refractivity contribution in [1.82, 2.24) is 0 Å². The van der Waals surface area contributed by atoms with E-state index in [1.165, 1.54) is 0 Å². The van der Waals surface area contributed by atoms with Gasteiger partial charge in [0.2, 0.25) is 11.8 Å². The molecule has 0 saturated heterocycles. The fourth-order valence-electron chi connectivity index (χ4n) is 6.21. The molecule has 0 aliphatic carbocycles. The van der Waals surface area contributed by atoms with Crippen molar-refractivity contribution in [1.29, 1.82) is 5.26 Å². The topological polar surface area (TPSA) is 119 Å². The lowest BCUT2D eigenvalue weighted by Crippen LogP contribution is -2.55. The van der Waals surface area contributed by atoms with Crippen LogP contribution in [0.1, 0.15) is 49.8 Å². The summed E-state index contributed by atoms with van der Waals surface area (Å²) in [7, 11) is 1.54. The molecule has 2 atom stereocenters. The van der Waals surface area contributed by atoms with E-state index < -0.39 is 22.5 Å². The molecule has 0 fully saturated rings. The van der Waals surface area contributed by atoms with Crippen LogP contribution in [0.2, 0.25) is 0 Å². The fraction of sp³-hybridized carbons (Fsp3) is 0.296. The number of fused-ring (bicyclic) bond motifs is 5. The van der Waals surface area contributed by atoms with Gasteiger partial charge in [-0.3, -0.25) is 4.79 Å². The summed E-state index contributed by atoms with van der Waals surface area (Å²) in [5.74, 6) is 0.113. The summed E-state index contributed by atoms with van der Waals surface area (Å²) in [5, 5.41) is 10.8. The monoisotopic (exact) mass is 469 g/mol. The molecule has 2 N–H and O–H groups in total. The molecule has 176 valence electrons. The number of amides is 1. The van der Waals surface area contributed by atoms with Gasteiger partial charge in [-0.25, -0.2) is 4.79 Å². The average Bonchev–Trinajstić information content (AvgIpc) is 3.07. The lowest BCUT2D eigenvalue weighted by atomic mass is 9.68. The summed E-state index contributed by atoms with van der Waals surface area (Å²) in [6.45, 7) is 6.07. The van der Waals surface area contributed by atoms with Gasteiger partial charge in [0, 0.05) is 11.1 Å². The van der Waals surface area contributed by atoms with Gasteiger partial charge >= 0.3 is 5.63 Å². The number of ether oxygens (including phenoxy) is 2. The minimum Gasteiger partial charge on any atom is -0.497 e. The summed E-state index contributed by atoms with van der Waals surface area (Å²) < 4.78 is 17.2. The summed E-state index contributed by atoms with van der Waals surface area (Å²) in [6.07, 6.45) is 0.686. The van der Waals surface area contributed by atoms with Gasteiger partial charge in [0.15, 0.2) is 11.2 Å². The van der Waals surface area contributed by atoms with Crippen molar-refractivity contribution in [2.75, 3.05) is 12.0 Å². The van der Waals surface area contributed by atoms with Gasteiger partial charge in [0.1, 0.15) is 28.5 Å². The molecule has 1 spiro atoms. The number of carbonyl (C=O) groups excluding carboxylic acids is 1. The van der Waals surface area contributed by atoms with Gasteiger partial charge in [-0.15, -0.1) is 0 Å². The van der Waals surface area contributed by atoms with E-state index in [2.05, 4.69) is 13.0 Å². The number of benzene rings is 2. The number of hydrogen-bond donors (Lipinski definition) is 1. The number of methoxy groups -OCH3 is 1. The number of nitriles is 1. The molecule has 1 aromatic heterocycles. The Morgan fingerprint density at radius 3 is 2.69 bits per heavy atom. The van der Waals surface area contributed by atoms with Crippen LogP contribution >= 0.6 is 0 Å². The van der Waals surface area contributed by atoms with Gasteiger partial charge in [0.25, 0.3) is 0 Å². The van der Waals surface area contributed by atoms with E-state index >= 15 is 0 Å². The molecule has 3 aliphatic rings. The lowest BCUT2D eigenvalue weighted by molar-refractivity contribution is -0.122. The maximum absolute atomic E-state index is 14.7. The maximum atomic E-state index is 14.7. The smallest absolute Gasteiger partial charge is 0.345 e. The van der Waals surface area contributed by atoms with Crippen LogP contribution in [0.5, 0.6) is 11.5 Å². The molecular formula is C27H23N3O5. The maximum Gasteiger partial charge on any atom is 0.345 e. The molecule has 35 heavy (non-hydrogen) atoms. The number of para-hydroxylation sites is 1. The molecule has 3 aromatic rings. The van der Waals surface area contributed by atoms with Crippen LogP contribution in [0.15, 0.2) is 57.1 Å². The van der Waals surface area contributed by atoms with Crippen LogP contribution in [0.4, 0.5) is 5.69 Å². The molecule has 0 saturated carbocycles. The molecule has 1 amide bonds. The number of nitrogens with zero attached hydrogens (tertiary/aromatic N) is 2. The third-order valence-electron chi connectivity index (χ3n) is 7.53. The second-order valence-electron chi connectivity index (χ2n) is 9.96. The van der Waals surface area contributed by atoms with Crippen LogP contribution in [0, 0.1) is 11.3 Å². The summed E-state index contributed by atoms with van der Waals surface area (Å²) in [5.41, 5.74) is 5.36. The van der Waals surface area contributed by atoms with Crippen molar-refractivity contribution < 1.29 is 18.7 Å². The number of carbonyl (C=O) groups is 1. The zero-order chi connectivity index (χ0) is 24.9. The Morgan fingerprint density at radius 2 is 1.97 bits per heavy atom. The first-order valence-corrected chi connectivity index (χ1v) is 11.4. The van der Waals surface area contributed by atoms with Crippen LogP contribution in [0.25, 0.3) is 11.0 Å². The highest BCUT2D eigenvalue weighted by molar-refractivity contribution is 6.16. The third kappa shape index (κ3) is 2.40. The van der Waals surface area contributed by atoms with Crippen molar-refractivity contribution in [2.24, 2.45) is 5.73 Å². The number of nitrogens with two attached hydrogens (primary N) is 1. The lowest BCUT2D eigenvalue weighted by Gasteiger charge is -2.44. The Bertz CT molecular complexity index is 1610. The van der Waals surface area contributed by atoms with E-state index in [9.17, 15) is 14.9 Å². The average molecular weight is 469 g/mol. The standard InChI is InChI=1S/C27H23N3O5/c1-13-11-26(2,3)30-21-16(13)9-14(33-4)10-17(21)27(25(30)32)18(12-28)23(29)35-22-15-7-5-6-8-19(15)34-24(31)20(22)27/h5-10,13H,11,29H2,1-4H3/t13-,27-/m0/s1. The molecule has 8 nitrogen and oxygen atoms in total. The predicted octanol–water partition coefficient (Wildman–Crippen LogP) is 3.81. The summed E-state index contributed by atoms with van der Waals surface area (Å²) in [4.78, 5) is 30.0. The van der Waals surface area contributed by atoms with E-state index in [1.807, 2.05) is 19.9 Å². The molecular weight excluding hydrogens is 446 g/mol. The Balaban J connectivity index is 1.86. The third-order valence-corrected chi connectivity index (χ3v) is 7.53. The van der Waals surface area contributed by atoms with E-state index in [0.717, 1.165) is 5.56 Å². The SMILES string of the molecule is COc1cc2c3c(c1)[C@]1(C(=O)N3C(C)(C)C[C@@H]2C)C(C#N)=C(N)Oc2c1c(=O)oc1ccccc21. The zero-order valence-corrected chi connectivity index (χ0v) is 19.8. The van der Waals surface area contributed by atoms with Gasteiger partial charge in [-0.2, -0.15) is 5.26 Å². The van der Waals surface area contributed by atoms with Crippen LogP contribution < -0.4 is 25.7 Å². The van der Waals surface area contributed by atoms with Crippen molar-refractivity contribution >= 4 is 22.6 Å². The molecule has 0 bridgehead atoms. The molecule has 6 rings (SSSR count). The first kappa shape index (κ1) is 21.3. The largest absolute Gasteiger partial charge is 0.497 e. The van der Waals surface area contributed by atoms with E-state index in [0.29, 0.717) is 34.4 Å². The Hall–Kier alpha value is -4.25. The highest BCUT2D eigenvalue weighted by atomic mass is 16.5. The summed E-state index contributed by atoms with van der Waals surface area (Å²) >= 11 is 0. The molecule has 0 unspecified atom stereocenters. The van der Waals surface area contributed by atoms with Crippen molar-refractivity contribution in [3.63, 3.8) is 0 Å². The quantitative estimate of drug-likeness (QED) is 0.538. The first-order chi connectivity index (χ1) is 16.7. The fourth-order valence-corrected chi connectivity index (χ4v) is 6.21. The highest BCUT2D eigenvalue weighted by Gasteiger charge is 2.65. The summed E-state index contributed by atoms with van der Waals surface area (Å²) in [6, 6.07) is 12.6. The second-order valence-corrected chi connectivity index (χ2v) is 9.96. The Labute approximate surface area is 201 Å². The number of hydrogen-bond acceptors (Lipinski definition) is 7. The number of rotatable bonds is 1. The van der Waals surface area contributed by atoms with E-state index in [1.54, 1.807) is 42.3 Å². The van der Waals surface area contributed by atoms with Crippen LogP contribution in [-0.4, -0.2) is 18.6 Å². The van der Waals surface area contributed by atoms with Gasteiger partial charge in [-0.05, 0) is 56.0 Å². The van der Waals surface area contributed by atoms with Gasteiger partial charge in [0.05, 0.1) is 18.2 Å². The van der Waals surface area contributed by atoms with E-state index in [4.69, 9.17) is 19.6 Å². The predicted molar refractivity (Wildman–Crippen MR) is 128 cm³/mol. The normalized spacial score (nSPS) is 23.7. The first-order valence-electron chi connectivity index (χ1n) is 11.4. The minimum atomic E-state index is -1.82. The second kappa shape index (κ2) is 6.66. The van der Waals surface area contributed by atoms with Crippen LogP contribution in [0.3, 0.4) is 0 Å². The van der Waals surface area contributed by atoms with Gasteiger partial charge in [-0.1, -0.05) is 19.1 Å². The molecule has 8 heteroatoms. The minimum absolute atomic E-state index is 0.0414. The Kier molecular flexibility index (Phi) is 4.05. The van der Waals surface area contributed by atoms with Crippen LogP contribution in [-0.2, 0) is 10.2 Å².